The van der Waals surface area contributed by atoms with Gasteiger partial charge in [-0.25, -0.2) is 10.2 Å². The Morgan fingerprint density at radius 2 is 1.76 bits per heavy atom. The number of nitrogens with one attached hydrogen (secondary N) is 1. The third-order valence-corrected chi connectivity index (χ3v) is 5.54. The van der Waals surface area contributed by atoms with Crippen molar-refractivity contribution in [3.05, 3.63) is 81.9 Å². The van der Waals surface area contributed by atoms with E-state index in [0.717, 1.165) is 5.56 Å². The fourth-order valence-corrected chi connectivity index (χ4v) is 3.42. The van der Waals surface area contributed by atoms with Crippen molar-refractivity contribution in [3.63, 3.8) is 0 Å². The summed E-state index contributed by atoms with van der Waals surface area (Å²) < 4.78 is 16.9. The maximum absolute atomic E-state index is 12.3. The summed E-state index contributed by atoms with van der Waals surface area (Å²) in [5.41, 5.74) is 5.13. The van der Waals surface area contributed by atoms with Crippen LogP contribution in [0.5, 0.6) is 23.0 Å². The number of aromatic hydroxyl groups is 1. The standard InChI is InChI=1S/C27H27ClN2O7/c1-16(2)19-6-4-17(5-7-19)14-37-26-23(35-3)10-18(11-24(26)36-15-25(32)33)13-29-30-27(34)20-8-9-22(31)21(28)12-20/h4-13,16,31H,14-15H2,1-3H3,(H,30,34)(H,32,33). The first-order valence-corrected chi connectivity index (χ1v) is 11.7. The molecule has 0 aliphatic rings. The van der Waals surface area contributed by atoms with E-state index >= 15 is 0 Å². The number of hydrazone groups is 1. The van der Waals surface area contributed by atoms with Gasteiger partial charge in [-0.1, -0.05) is 49.7 Å². The average molecular weight is 527 g/mol. The molecule has 0 fully saturated rings. The van der Waals surface area contributed by atoms with Crippen LogP contribution in [0, 0.1) is 0 Å². The largest absolute Gasteiger partial charge is 0.506 e. The Kier molecular flexibility index (Phi) is 9.34. The Hall–Kier alpha value is -4.24. The number of hydrogen-bond donors (Lipinski definition) is 3. The van der Waals surface area contributed by atoms with Gasteiger partial charge in [0.1, 0.15) is 12.4 Å². The second-order valence-corrected chi connectivity index (χ2v) is 8.69. The van der Waals surface area contributed by atoms with Gasteiger partial charge in [-0.05, 0) is 47.4 Å². The highest BCUT2D eigenvalue weighted by molar-refractivity contribution is 6.32. The van der Waals surface area contributed by atoms with Crippen LogP contribution in [0.15, 0.2) is 59.7 Å². The Bertz CT molecular complexity index is 1290. The van der Waals surface area contributed by atoms with E-state index in [4.69, 9.17) is 30.9 Å². The van der Waals surface area contributed by atoms with Gasteiger partial charge in [-0.3, -0.25) is 4.79 Å². The first-order valence-electron chi connectivity index (χ1n) is 11.3. The molecule has 0 saturated heterocycles. The van der Waals surface area contributed by atoms with Crippen molar-refractivity contribution in [2.75, 3.05) is 13.7 Å². The van der Waals surface area contributed by atoms with Crippen LogP contribution in [-0.4, -0.2) is 42.0 Å². The van der Waals surface area contributed by atoms with Crippen LogP contribution < -0.4 is 19.6 Å². The van der Waals surface area contributed by atoms with E-state index in [0.29, 0.717) is 17.2 Å². The molecule has 0 bridgehead atoms. The van der Waals surface area contributed by atoms with Crippen molar-refractivity contribution in [1.82, 2.24) is 5.43 Å². The third kappa shape index (κ3) is 7.62. The highest BCUT2D eigenvalue weighted by Crippen LogP contribution is 2.39. The zero-order valence-electron chi connectivity index (χ0n) is 20.5. The van der Waals surface area contributed by atoms with Crippen molar-refractivity contribution in [1.29, 1.82) is 0 Å². The van der Waals surface area contributed by atoms with E-state index in [2.05, 4.69) is 24.4 Å². The van der Waals surface area contributed by atoms with Crippen LogP contribution in [-0.2, 0) is 11.4 Å². The van der Waals surface area contributed by atoms with Crippen molar-refractivity contribution < 1.29 is 34.0 Å². The number of benzene rings is 3. The number of methoxy groups -OCH3 is 1. The van der Waals surface area contributed by atoms with E-state index in [1.165, 1.54) is 43.2 Å². The third-order valence-electron chi connectivity index (χ3n) is 5.23. The molecule has 0 heterocycles. The molecule has 0 aliphatic carbocycles. The molecule has 3 rings (SSSR count). The SMILES string of the molecule is COc1cc(C=NNC(=O)c2ccc(O)c(Cl)c2)cc(OCC(=O)O)c1OCc1ccc(C(C)C)cc1. The van der Waals surface area contributed by atoms with Crippen molar-refractivity contribution in [2.45, 2.75) is 26.4 Å². The Morgan fingerprint density at radius 1 is 1.05 bits per heavy atom. The maximum Gasteiger partial charge on any atom is 0.341 e. The highest BCUT2D eigenvalue weighted by atomic mass is 35.5. The number of nitrogens with zero attached hydrogens (tertiary/aromatic N) is 1. The fraction of sp³-hybridized carbons (Fsp3) is 0.222. The van der Waals surface area contributed by atoms with E-state index < -0.39 is 18.5 Å². The molecule has 0 radical (unpaired) electrons. The zero-order chi connectivity index (χ0) is 26.9. The first-order chi connectivity index (χ1) is 17.7. The number of halogens is 1. The van der Waals surface area contributed by atoms with Gasteiger partial charge in [0.2, 0.25) is 5.75 Å². The van der Waals surface area contributed by atoms with Crippen LogP contribution in [0.25, 0.3) is 0 Å². The van der Waals surface area contributed by atoms with E-state index in [-0.39, 0.29) is 34.4 Å². The second kappa shape index (κ2) is 12.6. The van der Waals surface area contributed by atoms with Crippen LogP contribution in [0.4, 0.5) is 0 Å². The van der Waals surface area contributed by atoms with Gasteiger partial charge in [0, 0.05) is 11.1 Å². The lowest BCUT2D eigenvalue weighted by atomic mass is 10.0. The highest BCUT2D eigenvalue weighted by Gasteiger charge is 2.16. The Balaban J connectivity index is 1.80. The molecular weight excluding hydrogens is 500 g/mol. The smallest absolute Gasteiger partial charge is 0.341 e. The number of aliphatic carboxylic acids is 1. The number of amides is 1. The summed E-state index contributed by atoms with van der Waals surface area (Å²) >= 11 is 5.84. The number of carbonyl (C=O) groups is 2. The topological polar surface area (TPSA) is 127 Å². The monoisotopic (exact) mass is 526 g/mol. The van der Waals surface area contributed by atoms with Crippen molar-refractivity contribution in [2.24, 2.45) is 5.10 Å². The summed E-state index contributed by atoms with van der Waals surface area (Å²) in [6, 6.07) is 15.1. The lowest BCUT2D eigenvalue weighted by Crippen LogP contribution is -2.17. The van der Waals surface area contributed by atoms with Gasteiger partial charge < -0.3 is 24.4 Å². The summed E-state index contributed by atoms with van der Waals surface area (Å²) in [6.07, 6.45) is 1.34. The summed E-state index contributed by atoms with van der Waals surface area (Å²) in [5, 5.41) is 22.6. The van der Waals surface area contributed by atoms with E-state index in [1.54, 1.807) is 6.07 Å². The minimum atomic E-state index is -1.16. The van der Waals surface area contributed by atoms with Crippen LogP contribution in [0.3, 0.4) is 0 Å². The molecule has 0 aliphatic heterocycles. The average Bonchev–Trinajstić information content (AvgIpc) is 2.88. The molecule has 0 saturated carbocycles. The number of hydrogen-bond acceptors (Lipinski definition) is 7. The normalized spacial score (nSPS) is 10.9. The van der Waals surface area contributed by atoms with Crippen LogP contribution in [0.2, 0.25) is 5.02 Å². The zero-order valence-corrected chi connectivity index (χ0v) is 21.3. The van der Waals surface area contributed by atoms with Gasteiger partial charge in [0.05, 0.1) is 18.3 Å². The first kappa shape index (κ1) is 27.3. The predicted molar refractivity (Wildman–Crippen MR) is 139 cm³/mol. The lowest BCUT2D eigenvalue weighted by Gasteiger charge is -2.16. The fourth-order valence-electron chi connectivity index (χ4n) is 3.24. The molecule has 37 heavy (non-hydrogen) atoms. The summed E-state index contributed by atoms with van der Waals surface area (Å²) in [4.78, 5) is 23.4. The van der Waals surface area contributed by atoms with Crippen LogP contribution in [0.1, 0.15) is 46.8 Å². The molecule has 3 N–H and O–H groups in total. The predicted octanol–water partition coefficient (Wildman–Crippen LogP) is 4.98. The lowest BCUT2D eigenvalue weighted by molar-refractivity contribution is -0.139. The van der Waals surface area contributed by atoms with Gasteiger partial charge in [0.15, 0.2) is 18.1 Å². The molecule has 0 aromatic heterocycles. The number of carbonyl (C=O) groups excluding carboxylic acids is 1. The minimum Gasteiger partial charge on any atom is -0.506 e. The Labute approximate surface area is 219 Å². The number of ether oxygens (including phenoxy) is 3. The summed E-state index contributed by atoms with van der Waals surface area (Å²) in [5.74, 6) is -0.777. The molecular formula is C27H27ClN2O7. The van der Waals surface area contributed by atoms with Gasteiger partial charge in [-0.15, -0.1) is 0 Å². The molecule has 1 amide bonds. The molecule has 0 spiro atoms. The quantitative estimate of drug-likeness (QED) is 0.237. The van der Waals surface area contributed by atoms with Crippen molar-refractivity contribution >= 4 is 29.7 Å². The van der Waals surface area contributed by atoms with Crippen molar-refractivity contribution in [3.8, 4) is 23.0 Å². The molecule has 3 aromatic carbocycles. The molecule has 0 unspecified atom stereocenters. The van der Waals surface area contributed by atoms with E-state index in [1.807, 2.05) is 24.3 Å². The number of phenolic OH excluding ortho intramolecular Hbond substituents is 1. The summed E-state index contributed by atoms with van der Waals surface area (Å²) in [7, 11) is 1.44. The number of rotatable bonds is 11. The number of phenols is 1. The van der Waals surface area contributed by atoms with Gasteiger partial charge in [-0.2, -0.15) is 5.10 Å². The molecule has 194 valence electrons. The molecule has 3 aromatic rings. The second-order valence-electron chi connectivity index (χ2n) is 8.28. The maximum atomic E-state index is 12.3. The number of carboxylic acid groups (broad SMARTS) is 1. The Morgan fingerprint density at radius 3 is 2.38 bits per heavy atom. The van der Waals surface area contributed by atoms with Crippen LogP contribution >= 0.6 is 11.6 Å². The number of carboxylic acids is 1. The van der Waals surface area contributed by atoms with E-state index in [9.17, 15) is 14.7 Å². The van der Waals surface area contributed by atoms with Gasteiger partial charge in [0.25, 0.3) is 5.91 Å². The van der Waals surface area contributed by atoms with Gasteiger partial charge >= 0.3 is 5.97 Å². The minimum absolute atomic E-state index is 0.0352. The molecule has 0 atom stereocenters. The molecule has 9 nitrogen and oxygen atoms in total. The summed E-state index contributed by atoms with van der Waals surface area (Å²) in [6.45, 7) is 3.84. The molecule has 10 heteroatoms.